The summed E-state index contributed by atoms with van der Waals surface area (Å²) in [6.07, 6.45) is 3.91. The van der Waals surface area contributed by atoms with Gasteiger partial charge < -0.3 is 8.85 Å². The normalized spacial score (nSPS) is 14.2. The van der Waals surface area contributed by atoms with Crippen molar-refractivity contribution in [2.24, 2.45) is 0 Å². The Bertz CT molecular complexity index is 361. The molecule has 0 saturated carbocycles. The molecule has 0 aliphatic carbocycles. The molecule has 100 valence electrons. The summed E-state index contributed by atoms with van der Waals surface area (Å²) in [5.74, 6) is 0. The van der Waals surface area contributed by atoms with Crippen LogP contribution in [0.2, 0.25) is 12.6 Å². The zero-order chi connectivity index (χ0) is 13.4. The lowest BCUT2D eigenvalue weighted by Gasteiger charge is -2.24. The first-order valence-corrected chi connectivity index (χ1v) is 9.06. The molecule has 1 aromatic carbocycles. The van der Waals surface area contributed by atoms with Crippen molar-refractivity contribution in [3.8, 4) is 0 Å². The summed E-state index contributed by atoms with van der Waals surface area (Å²) in [5, 5.41) is 0. The van der Waals surface area contributed by atoms with Crippen LogP contribution in [0.15, 0.2) is 30.8 Å². The van der Waals surface area contributed by atoms with Crippen LogP contribution in [0.25, 0.3) is 6.08 Å². The van der Waals surface area contributed by atoms with E-state index >= 15 is 0 Å². The summed E-state index contributed by atoms with van der Waals surface area (Å²) in [4.78, 5) is 0. The van der Waals surface area contributed by atoms with E-state index in [1.54, 1.807) is 7.11 Å². The Morgan fingerprint density at radius 1 is 1.28 bits per heavy atom. The molecule has 0 N–H and O–H groups in total. The molecule has 0 bridgehead atoms. The predicted molar refractivity (Wildman–Crippen MR) is 79.9 cm³/mol. The molecular weight excluding hydrogens is 240 g/mol. The van der Waals surface area contributed by atoms with Crippen LogP contribution in [-0.2, 0) is 15.3 Å². The molecule has 1 rings (SSSR count). The molecule has 0 fully saturated rings. The van der Waals surface area contributed by atoms with Gasteiger partial charge in [-0.2, -0.15) is 0 Å². The van der Waals surface area contributed by atoms with E-state index < -0.39 is 8.56 Å². The highest BCUT2D eigenvalue weighted by Gasteiger charge is 2.28. The van der Waals surface area contributed by atoms with Crippen LogP contribution < -0.4 is 0 Å². The fraction of sp³-hybridized carbons (Fsp3) is 0.467. The van der Waals surface area contributed by atoms with Gasteiger partial charge in [-0.15, -0.1) is 0 Å². The molecule has 0 aliphatic rings. The van der Waals surface area contributed by atoms with Crippen molar-refractivity contribution in [2.45, 2.75) is 32.4 Å². The largest absolute Gasteiger partial charge is 0.398 e. The van der Waals surface area contributed by atoms with Crippen molar-refractivity contribution in [1.82, 2.24) is 0 Å². The molecule has 0 aliphatic heterocycles. The molecule has 3 heteroatoms. The molecule has 1 aromatic rings. The Morgan fingerprint density at radius 2 is 1.94 bits per heavy atom. The number of rotatable bonds is 8. The number of hydrogen-bond acceptors (Lipinski definition) is 2. The van der Waals surface area contributed by atoms with E-state index in [1.807, 2.05) is 6.08 Å². The molecule has 0 aromatic heterocycles. The zero-order valence-electron chi connectivity index (χ0n) is 11.7. The van der Waals surface area contributed by atoms with Gasteiger partial charge in [-0.3, -0.25) is 0 Å². The van der Waals surface area contributed by atoms with Gasteiger partial charge in [0.1, 0.15) is 0 Å². The third-order valence-corrected chi connectivity index (χ3v) is 6.24. The Kier molecular flexibility index (Phi) is 6.33. The van der Waals surface area contributed by atoms with E-state index in [4.69, 9.17) is 8.85 Å². The van der Waals surface area contributed by atoms with Crippen molar-refractivity contribution in [2.75, 3.05) is 13.7 Å². The van der Waals surface area contributed by atoms with Crippen LogP contribution in [-0.4, -0.2) is 22.3 Å². The summed E-state index contributed by atoms with van der Waals surface area (Å²) in [5.41, 5.74) is 2.45. The SMILES string of the molecule is C=Cc1ccc(CCO[Si](C)(CCC)OC)cc1. The van der Waals surface area contributed by atoms with Crippen LogP contribution in [0.5, 0.6) is 0 Å². The Labute approximate surface area is 112 Å². The number of benzene rings is 1. The van der Waals surface area contributed by atoms with E-state index in [0.29, 0.717) is 0 Å². The second kappa shape index (κ2) is 7.51. The summed E-state index contributed by atoms with van der Waals surface area (Å²) >= 11 is 0. The minimum Gasteiger partial charge on any atom is -0.398 e. The van der Waals surface area contributed by atoms with Crippen molar-refractivity contribution < 1.29 is 8.85 Å². The molecule has 0 spiro atoms. The van der Waals surface area contributed by atoms with E-state index in [1.165, 1.54) is 5.56 Å². The molecule has 1 unspecified atom stereocenters. The lowest BCUT2D eigenvalue weighted by Crippen LogP contribution is -2.37. The average molecular weight is 264 g/mol. The first-order valence-electron chi connectivity index (χ1n) is 6.54. The first-order chi connectivity index (χ1) is 8.63. The van der Waals surface area contributed by atoms with Gasteiger partial charge in [0.25, 0.3) is 0 Å². The van der Waals surface area contributed by atoms with Gasteiger partial charge in [-0.25, -0.2) is 0 Å². The smallest absolute Gasteiger partial charge is 0.334 e. The van der Waals surface area contributed by atoms with E-state index in [0.717, 1.165) is 31.1 Å². The Balaban J connectivity index is 2.42. The third kappa shape index (κ3) is 4.76. The second-order valence-corrected chi connectivity index (χ2v) is 8.10. The average Bonchev–Trinajstić information content (AvgIpc) is 2.40. The standard InChI is InChI=1S/C15H24O2Si/c1-5-13-18(4,16-3)17-12-11-15-9-7-14(6-2)8-10-15/h6-10H,2,5,11-13H2,1,3-4H3. The monoisotopic (exact) mass is 264 g/mol. The van der Waals surface area contributed by atoms with Gasteiger partial charge in [0.05, 0.1) is 0 Å². The fourth-order valence-corrected chi connectivity index (χ4v) is 3.80. The van der Waals surface area contributed by atoms with Crippen LogP contribution in [0.4, 0.5) is 0 Å². The molecule has 18 heavy (non-hydrogen) atoms. The minimum absolute atomic E-state index is 0.740. The molecule has 0 amide bonds. The number of hydrogen-bond donors (Lipinski definition) is 0. The summed E-state index contributed by atoms with van der Waals surface area (Å²) in [6.45, 7) is 8.80. The first kappa shape index (κ1) is 15.2. The Hall–Kier alpha value is -0.903. The topological polar surface area (TPSA) is 18.5 Å². The van der Waals surface area contributed by atoms with Gasteiger partial charge in [0.15, 0.2) is 0 Å². The maximum Gasteiger partial charge on any atom is 0.334 e. The molecule has 0 heterocycles. The summed E-state index contributed by atoms with van der Waals surface area (Å²) in [7, 11) is -0.147. The van der Waals surface area contributed by atoms with E-state index in [9.17, 15) is 0 Å². The van der Waals surface area contributed by atoms with Crippen LogP contribution in [0, 0.1) is 0 Å². The Morgan fingerprint density at radius 3 is 2.44 bits per heavy atom. The van der Waals surface area contributed by atoms with Crippen molar-refractivity contribution in [1.29, 1.82) is 0 Å². The fourth-order valence-electron chi connectivity index (χ4n) is 1.89. The van der Waals surface area contributed by atoms with Gasteiger partial charge >= 0.3 is 8.56 Å². The van der Waals surface area contributed by atoms with Crippen molar-refractivity contribution >= 4 is 14.6 Å². The van der Waals surface area contributed by atoms with Crippen LogP contribution >= 0.6 is 0 Å². The highest BCUT2D eigenvalue weighted by molar-refractivity contribution is 6.65. The third-order valence-electron chi connectivity index (χ3n) is 3.15. The van der Waals surface area contributed by atoms with Gasteiger partial charge in [0.2, 0.25) is 0 Å². The molecule has 0 radical (unpaired) electrons. The lowest BCUT2D eigenvalue weighted by molar-refractivity contribution is 0.206. The molecule has 0 saturated heterocycles. The summed E-state index contributed by atoms with van der Waals surface area (Å²) in [6, 6.07) is 9.49. The highest BCUT2D eigenvalue weighted by Crippen LogP contribution is 2.15. The van der Waals surface area contributed by atoms with E-state index in [-0.39, 0.29) is 0 Å². The van der Waals surface area contributed by atoms with E-state index in [2.05, 4.69) is 44.3 Å². The molecule has 2 nitrogen and oxygen atoms in total. The molecular formula is C15H24O2Si. The van der Waals surface area contributed by atoms with Gasteiger partial charge in [-0.1, -0.05) is 50.3 Å². The quantitative estimate of drug-likeness (QED) is 0.660. The lowest BCUT2D eigenvalue weighted by atomic mass is 10.1. The summed E-state index contributed by atoms with van der Waals surface area (Å²) < 4.78 is 11.5. The minimum atomic E-state index is -1.91. The zero-order valence-corrected chi connectivity index (χ0v) is 12.7. The van der Waals surface area contributed by atoms with Crippen LogP contribution in [0.1, 0.15) is 24.5 Å². The second-order valence-electron chi connectivity index (χ2n) is 4.63. The van der Waals surface area contributed by atoms with Crippen molar-refractivity contribution in [3.05, 3.63) is 42.0 Å². The van der Waals surface area contributed by atoms with Gasteiger partial charge in [-0.05, 0) is 30.1 Å². The maximum atomic E-state index is 5.98. The maximum absolute atomic E-state index is 5.98. The highest BCUT2D eigenvalue weighted by atomic mass is 28.4. The van der Waals surface area contributed by atoms with Crippen LogP contribution in [0.3, 0.4) is 0 Å². The predicted octanol–water partition coefficient (Wildman–Crippen LogP) is 4.02. The van der Waals surface area contributed by atoms with Crippen molar-refractivity contribution in [3.63, 3.8) is 0 Å². The molecule has 1 atom stereocenters. The van der Waals surface area contributed by atoms with Gasteiger partial charge in [0, 0.05) is 13.7 Å².